The summed E-state index contributed by atoms with van der Waals surface area (Å²) >= 11 is 0. The first-order valence-electron chi connectivity index (χ1n) is 10.3. The Morgan fingerprint density at radius 2 is 1.61 bits per heavy atom. The van der Waals surface area contributed by atoms with Crippen LogP contribution in [0.25, 0.3) is 0 Å². The number of rotatable bonds is 8. The molecule has 0 radical (unpaired) electrons. The van der Waals surface area contributed by atoms with Crippen LogP contribution in [0.1, 0.15) is 43.1 Å². The van der Waals surface area contributed by atoms with E-state index in [9.17, 15) is 14.4 Å². The summed E-state index contributed by atoms with van der Waals surface area (Å²) in [5, 5.41) is 8.81. The van der Waals surface area contributed by atoms with Gasteiger partial charge in [0.05, 0.1) is 6.54 Å². The fourth-order valence-electron chi connectivity index (χ4n) is 2.85. The molecule has 2 aromatic carbocycles. The van der Waals surface area contributed by atoms with Gasteiger partial charge in [-0.1, -0.05) is 18.2 Å². The average Bonchev–Trinajstić information content (AvgIpc) is 2.69. The highest BCUT2D eigenvalue weighted by Crippen LogP contribution is 2.14. The minimum Gasteiger partial charge on any atom is -0.376 e. The zero-order chi connectivity index (χ0) is 23.0. The summed E-state index contributed by atoms with van der Waals surface area (Å²) in [7, 11) is 3.48. The summed E-state index contributed by atoms with van der Waals surface area (Å²) in [6.45, 7) is 5.82. The van der Waals surface area contributed by atoms with Gasteiger partial charge in [-0.2, -0.15) is 0 Å². The minimum absolute atomic E-state index is 0.0798. The van der Waals surface area contributed by atoms with Crippen molar-refractivity contribution < 1.29 is 14.4 Å². The molecule has 0 saturated heterocycles. The van der Waals surface area contributed by atoms with Crippen molar-refractivity contribution in [2.75, 3.05) is 31.3 Å². The third kappa shape index (κ3) is 8.50. The molecule has 31 heavy (non-hydrogen) atoms. The molecule has 0 bridgehead atoms. The largest absolute Gasteiger partial charge is 0.376 e. The third-order valence-electron chi connectivity index (χ3n) is 4.40. The molecular weight excluding hydrogens is 392 g/mol. The number of nitrogens with one attached hydrogen (secondary N) is 3. The summed E-state index contributed by atoms with van der Waals surface area (Å²) in [6.07, 6.45) is 1.08. The standard InChI is InChI=1S/C24H32N4O3/c1-24(2,3)27-23(31)18-9-7-11-20(15-18)26-21(29)16-25-19-10-6-8-17(14-19)12-13-22(30)28(4)5/h6-11,14-15,25H,12-13,16H2,1-5H3,(H,26,29)(H,27,31). The molecule has 166 valence electrons. The smallest absolute Gasteiger partial charge is 0.251 e. The number of hydrogen-bond donors (Lipinski definition) is 3. The highest BCUT2D eigenvalue weighted by molar-refractivity contribution is 5.98. The average molecular weight is 425 g/mol. The van der Waals surface area contributed by atoms with Crippen molar-refractivity contribution in [3.05, 3.63) is 59.7 Å². The molecule has 0 spiro atoms. The van der Waals surface area contributed by atoms with Crippen LogP contribution in [0.4, 0.5) is 11.4 Å². The van der Waals surface area contributed by atoms with Crippen LogP contribution in [0.5, 0.6) is 0 Å². The van der Waals surface area contributed by atoms with Crippen molar-refractivity contribution in [2.45, 2.75) is 39.2 Å². The number of aryl methyl sites for hydroxylation is 1. The maximum absolute atomic E-state index is 12.3. The molecule has 0 fully saturated rings. The zero-order valence-corrected chi connectivity index (χ0v) is 18.9. The lowest BCUT2D eigenvalue weighted by atomic mass is 10.1. The molecule has 0 atom stereocenters. The molecular formula is C24H32N4O3. The van der Waals surface area contributed by atoms with Gasteiger partial charge in [0.1, 0.15) is 0 Å². The number of benzene rings is 2. The van der Waals surface area contributed by atoms with Gasteiger partial charge in [-0.25, -0.2) is 0 Å². The number of carbonyl (C=O) groups excluding carboxylic acids is 3. The number of carbonyl (C=O) groups is 3. The molecule has 7 heteroatoms. The fourth-order valence-corrected chi connectivity index (χ4v) is 2.85. The van der Waals surface area contributed by atoms with Crippen LogP contribution < -0.4 is 16.0 Å². The van der Waals surface area contributed by atoms with Gasteiger partial charge in [0.2, 0.25) is 11.8 Å². The van der Waals surface area contributed by atoms with Crippen LogP contribution in [-0.2, 0) is 16.0 Å². The van der Waals surface area contributed by atoms with E-state index in [4.69, 9.17) is 0 Å². The van der Waals surface area contributed by atoms with Crippen molar-refractivity contribution in [3.63, 3.8) is 0 Å². The highest BCUT2D eigenvalue weighted by atomic mass is 16.2. The second kappa shape index (κ2) is 10.6. The summed E-state index contributed by atoms with van der Waals surface area (Å²) in [4.78, 5) is 38.0. The maximum atomic E-state index is 12.3. The molecule has 0 aliphatic heterocycles. The first-order chi connectivity index (χ1) is 14.5. The minimum atomic E-state index is -0.339. The lowest BCUT2D eigenvalue weighted by Crippen LogP contribution is -2.40. The fraction of sp³-hybridized carbons (Fsp3) is 0.375. The topological polar surface area (TPSA) is 90.5 Å². The second-order valence-corrected chi connectivity index (χ2v) is 8.68. The molecule has 0 unspecified atom stereocenters. The molecule has 3 N–H and O–H groups in total. The van der Waals surface area contributed by atoms with Crippen molar-refractivity contribution in [1.82, 2.24) is 10.2 Å². The van der Waals surface area contributed by atoms with Gasteiger partial charge in [0.25, 0.3) is 5.91 Å². The highest BCUT2D eigenvalue weighted by Gasteiger charge is 2.15. The van der Waals surface area contributed by atoms with Crippen molar-refractivity contribution in [2.24, 2.45) is 0 Å². The van der Waals surface area contributed by atoms with Gasteiger partial charge < -0.3 is 20.9 Å². The van der Waals surface area contributed by atoms with Gasteiger partial charge in [-0.15, -0.1) is 0 Å². The Kier molecular flexibility index (Phi) is 8.19. The number of amides is 3. The van der Waals surface area contributed by atoms with E-state index in [1.165, 1.54) is 0 Å². The molecule has 0 aliphatic carbocycles. The quantitative estimate of drug-likeness (QED) is 0.607. The SMILES string of the molecule is CN(C)C(=O)CCc1cccc(NCC(=O)Nc2cccc(C(=O)NC(C)(C)C)c2)c1. The Bertz CT molecular complexity index is 932. The molecule has 0 heterocycles. The summed E-state index contributed by atoms with van der Waals surface area (Å²) < 4.78 is 0. The molecule has 0 aliphatic rings. The molecule has 0 saturated carbocycles. The van der Waals surface area contributed by atoms with Crippen molar-refractivity contribution >= 4 is 29.1 Å². The van der Waals surface area contributed by atoms with Crippen LogP contribution in [0.2, 0.25) is 0 Å². The van der Waals surface area contributed by atoms with Crippen LogP contribution in [0, 0.1) is 0 Å². The first-order valence-corrected chi connectivity index (χ1v) is 10.3. The van der Waals surface area contributed by atoms with Crippen molar-refractivity contribution in [3.8, 4) is 0 Å². The van der Waals surface area contributed by atoms with Crippen molar-refractivity contribution in [1.29, 1.82) is 0 Å². The third-order valence-corrected chi connectivity index (χ3v) is 4.40. The predicted molar refractivity (Wildman–Crippen MR) is 124 cm³/mol. The van der Waals surface area contributed by atoms with Crippen LogP contribution in [0.3, 0.4) is 0 Å². The van der Waals surface area contributed by atoms with E-state index < -0.39 is 0 Å². The Balaban J connectivity index is 1.90. The molecule has 7 nitrogen and oxygen atoms in total. The molecule has 2 aromatic rings. The van der Waals surface area contributed by atoms with E-state index in [0.717, 1.165) is 11.3 Å². The molecule has 2 rings (SSSR count). The summed E-state index contributed by atoms with van der Waals surface area (Å²) in [6, 6.07) is 14.5. The van der Waals surface area contributed by atoms with E-state index in [1.807, 2.05) is 45.0 Å². The van der Waals surface area contributed by atoms with Gasteiger partial charge in [-0.3, -0.25) is 14.4 Å². The normalized spacial score (nSPS) is 10.9. The van der Waals surface area contributed by atoms with E-state index in [0.29, 0.717) is 24.1 Å². The Labute approximate surface area is 184 Å². The number of nitrogens with zero attached hydrogens (tertiary/aromatic N) is 1. The van der Waals surface area contributed by atoms with E-state index in [-0.39, 0.29) is 29.8 Å². The monoisotopic (exact) mass is 424 g/mol. The second-order valence-electron chi connectivity index (χ2n) is 8.68. The van der Waals surface area contributed by atoms with E-state index in [2.05, 4.69) is 16.0 Å². The summed E-state index contributed by atoms with van der Waals surface area (Å²) in [5.41, 5.74) is 2.54. The Morgan fingerprint density at radius 1 is 0.935 bits per heavy atom. The van der Waals surface area contributed by atoms with Crippen LogP contribution >= 0.6 is 0 Å². The van der Waals surface area contributed by atoms with Gasteiger partial charge in [0.15, 0.2) is 0 Å². The summed E-state index contributed by atoms with van der Waals surface area (Å²) in [5.74, 6) is -0.330. The van der Waals surface area contributed by atoms with Gasteiger partial charge in [0, 0.05) is 43.0 Å². The predicted octanol–water partition coefficient (Wildman–Crippen LogP) is 3.29. The van der Waals surface area contributed by atoms with Crippen LogP contribution in [0.15, 0.2) is 48.5 Å². The van der Waals surface area contributed by atoms with Gasteiger partial charge in [-0.05, 0) is 63.1 Å². The van der Waals surface area contributed by atoms with E-state index in [1.54, 1.807) is 43.3 Å². The Morgan fingerprint density at radius 3 is 2.29 bits per heavy atom. The van der Waals surface area contributed by atoms with E-state index >= 15 is 0 Å². The number of hydrogen-bond acceptors (Lipinski definition) is 4. The lowest BCUT2D eigenvalue weighted by molar-refractivity contribution is -0.128. The maximum Gasteiger partial charge on any atom is 0.251 e. The lowest BCUT2D eigenvalue weighted by Gasteiger charge is -2.20. The Hall–Kier alpha value is -3.35. The molecule has 3 amide bonds. The van der Waals surface area contributed by atoms with Crippen LogP contribution in [-0.4, -0.2) is 48.8 Å². The molecule has 0 aromatic heterocycles. The zero-order valence-electron chi connectivity index (χ0n) is 18.9. The van der Waals surface area contributed by atoms with Gasteiger partial charge >= 0.3 is 0 Å². The number of anilines is 2. The first kappa shape index (κ1) is 23.9.